The van der Waals surface area contributed by atoms with Gasteiger partial charge in [0.25, 0.3) is 0 Å². The minimum absolute atomic E-state index is 0.112. The molecule has 0 aromatic heterocycles. The number of aliphatic hydroxyl groups excluding tert-OH is 1. The molecule has 1 atom stereocenters. The van der Waals surface area contributed by atoms with Gasteiger partial charge in [0.05, 0.1) is 12.5 Å². The third-order valence-electron chi connectivity index (χ3n) is 4.27. The molecule has 0 spiro atoms. The van der Waals surface area contributed by atoms with Crippen LogP contribution in [0.15, 0.2) is 24.3 Å². The second kappa shape index (κ2) is 9.45. The van der Waals surface area contributed by atoms with E-state index < -0.39 is 23.6 Å². The van der Waals surface area contributed by atoms with Crippen LogP contribution in [0, 0.1) is 11.7 Å². The Balaban J connectivity index is 1.83. The fraction of sp³-hybridized carbons (Fsp3) is 0.529. The van der Waals surface area contributed by atoms with Crippen LogP contribution in [0.1, 0.15) is 6.42 Å². The van der Waals surface area contributed by atoms with Crippen molar-refractivity contribution in [2.45, 2.75) is 6.42 Å². The number of hydrogen-bond donors (Lipinski definition) is 3. The Bertz CT molecular complexity index is 574. The molecule has 1 aromatic rings. The third-order valence-corrected chi connectivity index (χ3v) is 4.27. The first-order chi connectivity index (χ1) is 12.0. The molecule has 0 aliphatic carbocycles. The number of aliphatic carboxylic acids is 1. The maximum absolute atomic E-state index is 12.9. The summed E-state index contributed by atoms with van der Waals surface area (Å²) in [5, 5.41) is 20.9. The van der Waals surface area contributed by atoms with Gasteiger partial charge in [-0.15, -0.1) is 0 Å². The van der Waals surface area contributed by atoms with Crippen molar-refractivity contribution in [1.82, 2.24) is 9.80 Å². The zero-order valence-electron chi connectivity index (χ0n) is 14.0. The SMILES string of the molecule is O=C(C[C@@H](CN1CCN(CCO)CC1)C(=O)O)Nc1ccc(F)cc1. The second-order valence-electron chi connectivity index (χ2n) is 6.16. The zero-order valence-corrected chi connectivity index (χ0v) is 14.0. The molecule has 0 saturated carbocycles. The van der Waals surface area contributed by atoms with Gasteiger partial charge in [0.15, 0.2) is 0 Å². The molecule has 7 nitrogen and oxygen atoms in total. The van der Waals surface area contributed by atoms with Gasteiger partial charge in [-0.25, -0.2) is 4.39 Å². The van der Waals surface area contributed by atoms with E-state index in [4.69, 9.17) is 5.11 Å². The lowest BCUT2D eigenvalue weighted by atomic mass is 10.0. The van der Waals surface area contributed by atoms with Crippen molar-refractivity contribution in [1.29, 1.82) is 0 Å². The van der Waals surface area contributed by atoms with E-state index >= 15 is 0 Å². The fourth-order valence-corrected chi connectivity index (χ4v) is 2.85. The number of rotatable bonds is 8. The summed E-state index contributed by atoms with van der Waals surface area (Å²) in [5.41, 5.74) is 0.438. The topological polar surface area (TPSA) is 93.1 Å². The van der Waals surface area contributed by atoms with Gasteiger partial charge >= 0.3 is 5.97 Å². The molecule has 138 valence electrons. The Morgan fingerprint density at radius 3 is 2.28 bits per heavy atom. The number of carboxylic acid groups (broad SMARTS) is 1. The van der Waals surface area contributed by atoms with E-state index in [1.165, 1.54) is 24.3 Å². The molecule has 0 unspecified atom stereocenters. The highest BCUT2D eigenvalue weighted by Gasteiger charge is 2.26. The van der Waals surface area contributed by atoms with Crippen molar-refractivity contribution < 1.29 is 24.2 Å². The van der Waals surface area contributed by atoms with E-state index in [9.17, 15) is 19.1 Å². The van der Waals surface area contributed by atoms with Crippen LogP contribution in [0.25, 0.3) is 0 Å². The van der Waals surface area contributed by atoms with Crippen LogP contribution in [0.4, 0.5) is 10.1 Å². The van der Waals surface area contributed by atoms with Crippen molar-refractivity contribution >= 4 is 17.6 Å². The zero-order chi connectivity index (χ0) is 18.2. The van der Waals surface area contributed by atoms with Gasteiger partial charge < -0.3 is 15.5 Å². The molecule has 1 aliphatic rings. The van der Waals surface area contributed by atoms with Gasteiger partial charge in [0, 0.05) is 51.4 Å². The summed E-state index contributed by atoms with van der Waals surface area (Å²) >= 11 is 0. The minimum atomic E-state index is -1.01. The standard InChI is InChI=1S/C17H24FN3O4/c18-14-1-3-15(4-2-14)19-16(23)11-13(17(24)25)12-21-7-5-20(6-8-21)9-10-22/h1-4,13,22H,5-12H2,(H,19,23)(H,24,25)/t13-/m0/s1. The Morgan fingerprint density at radius 1 is 1.12 bits per heavy atom. The van der Waals surface area contributed by atoms with E-state index in [1.54, 1.807) is 0 Å². The lowest BCUT2D eigenvalue weighted by Crippen LogP contribution is -2.49. The summed E-state index contributed by atoms with van der Waals surface area (Å²) < 4.78 is 12.9. The molecule has 1 aromatic carbocycles. The maximum atomic E-state index is 12.9. The first-order valence-corrected chi connectivity index (χ1v) is 8.31. The maximum Gasteiger partial charge on any atom is 0.308 e. The highest BCUT2D eigenvalue weighted by molar-refractivity contribution is 5.93. The number of nitrogens with zero attached hydrogens (tertiary/aromatic N) is 2. The van der Waals surface area contributed by atoms with Gasteiger partial charge in [-0.3, -0.25) is 19.4 Å². The minimum Gasteiger partial charge on any atom is -0.481 e. The van der Waals surface area contributed by atoms with Gasteiger partial charge in [-0.2, -0.15) is 0 Å². The van der Waals surface area contributed by atoms with Gasteiger partial charge in [-0.1, -0.05) is 0 Å². The van der Waals surface area contributed by atoms with Crippen molar-refractivity contribution in [3.05, 3.63) is 30.1 Å². The van der Waals surface area contributed by atoms with Crippen LogP contribution in [-0.4, -0.2) is 77.8 Å². The molecule has 1 fully saturated rings. The number of carbonyl (C=O) groups is 2. The Labute approximate surface area is 146 Å². The van der Waals surface area contributed by atoms with Crippen LogP contribution in [0.5, 0.6) is 0 Å². The van der Waals surface area contributed by atoms with E-state index in [-0.39, 0.29) is 13.0 Å². The molecular formula is C17H24FN3O4. The first-order valence-electron chi connectivity index (χ1n) is 8.31. The molecule has 1 saturated heterocycles. The van der Waals surface area contributed by atoms with Crippen LogP contribution in [0.2, 0.25) is 0 Å². The van der Waals surface area contributed by atoms with Crippen molar-refractivity contribution in [3.8, 4) is 0 Å². The quantitative estimate of drug-likeness (QED) is 0.629. The number of carbonyl (C=O) groups excluding carboxylic acids is 1. The molecule has 0 bridgehead atoms. The number of hydrogen-bond acceptors (Lipinski definition) is 5. The average molecular weight is 353 g/mol. The molecular weight excluding hydrogens is 329 g/mol. The monoisotopic (exact) mass is 353 g/mol. The highest BCUT2D eigenvalue weighted by Crippen LogP contribution is 2.13. The van der Waals surface area contributed by atoms with Gasteiger partial charge in [-0.05, 0) is 24.3 Å². The summed E-state index contributed by atoms with van der Waals surface area (Å²) in [6, 6.07) is 5.33. The van der Waals surface area contributed by atoms with Gasteiger partial charge in [0.1, 0.15) is 5.82 Å². The average Bonchev–Trinajstić information content (AvgIpc) is 2.58. The Hall–Kier alpha value is -2.03. The van der Waals surface area contributed by atoms with E-state index in [0.29, 0.717) is 31.9 Å². The summed E-state index contributed by atoms with van der Waals surface area (Å²) in [4.78, 5) is 27.7. The summed E-state index contributed by atoms with van der Waals surface area (Å²) in [6.45, 7) is 4.01. The number of amides is 1. The lowest BCUT2D eigenvalue weighted by molar-refractivity contribution is -0.144. The number of aliphatic hydroxyl groups is 1. The molecule has 1 aliphatic heterocycles. The molecule has 1 heterocycles. The number of β-amino-alcohol motifs (C(OH)–C–C–N with tert-alkyl or cyclic N) is 1. The molecule has 3 N–H and O–H groups in total. The van der Waals surface area contributed by atoms with E-state index in [1.807, 2.05) is 4.90 Å². The Morgan fingerprint density at radius 2 is 1.72 bits per heavy atom. The second-order valence-corrected chi connectivity index (χ2v) is 6.16. The van der Waals surface area contributed by atoms with Crippen molar-refractivity contribution in [2.24, 2.45) is 5.92 Å². The summed E-state index contributed by atoms with van der Waals surface area (Å²) in [6.07, 6.45) is -0.135. The third kappa shape index (κ3) is 6.41. The largest absolute Gasteiger partial charge is 0.481 e. The number of nitrogens with one attached hydrogen (secondary N) is 1. The molecule has 8 heteroatoms. The van der Waals surface area contributed by atoms with Crippen molar-refractivity contribution in [3.63, 3.8) is 0 Å². The number of carboxylic acids is 1. The highest BCUT2D eigenvalue weighted by atomic mass is 19.1. The van der Waals surface area contributed by atoms with Crippen LogP contribution in [0.3, 0.4) is 0 Å². The number of anilines is 1. The molecule has 2 rings (SSSR count). The van der Waals surface area contributed by atoms with E-state index in [2.05, 4.69) is 10.2 Å². The van der Waals surface area contributed by atoms with Crippen LogP contribution < -0.4 is 5.32 Å². The smallest absolute Gasteiger partial charge is 0.308 e. The predicted octanol–water partition coefficient (Wildman–Crippen LogP) is 0.465. The molecule has 25 heavy (non-hydrogen) atoms. The number of piperazine rings is 1. The lowest BCUT2D eigenvalue weighted by Gasteiger charge is -2.35. The van der Waals surface area contributed by atoms with Crippen molar-refractivity contribution in [2.75, 3.05) is 51.2 Å². The Kier molecular flexibility index (Phi) is 7.30. The van der Waals surface area contributed by atoms with Gasteiger partial charge in [0.2, 0.25) is 5.91 Å². The normalized spacial score (nSPS) is 17.2. The molecule has 1 amide bonds. The fourth-order valence-electron chi connectivity index (χ4n) is 2.85. The van der Waals surface area contributed by atoms with Crippen LogP contribution in [-0.2, 0) is 9.59 Å². The van der Waals surface area contributed by atoms with E-state index in [0.717, 1.165) is 13.1 Å². The summed E-state index contributed by atoms with van der Waals surface area (Å²) in [7, 11) is 0. The molecule has 0 radical (unpaired) electrons. The van der Waals surface area contributed by atoms with Crippen LogP contribution >= 0.6 is 0 Å². The number of benzene rings is 1. The summed E-state index contributed by atoms with van der Waals surface area (Å²) in [5.74, 6) is -2.61. The predicted molar refractivity (Wildman–Crippen MR) is 90.7 cm³/mol. The first kappa shape index (κ1) is 19.3. The number of halogens is 1.